The van der Waals surface area contributed by atoms with Crippen molar-refractivity contribution < 1.29 is 22.8 Å². The Morgan fingerprint density at radius 2 is 1.61 bits per heavy atom. The van der Waals surface area contributed by atoms with Crippen molar-refractivity contribution >= 4 is 29.1 Å². The summed E-state index contributed by atoms with van der Waals surface area (Å²) < 4.78 is 39.3. The number of hydrogen-bond acceptors (Lipinski definition) is 2. The summed E-state index contributed by atoms with van der Waals surface area (Å²) in [6.07, 6.45) is -2.79. The minimum Gasteiger partial charge on any atom is -0.274 e. The van der Waals surface area contributed by atoms with Crippen LogP contribution in [0.15, 0.2) is 48.5 Å². The average molecular weight is 408 g/mol. The third kappa shape index (κ3) is 3.20. The van der Waals surface area contributed by atoms with Crippen LogP contribution in [-0.2, 0) is 15.8 Å². The van der Waals surface area contributed by atoms with Crippen LogP contribution < -0.4 is 4.90 Å². The van der Waals surface area contributed by atoms with Crippen LogP contribution in [0.5, 0.6) is 0 Å². The summed E-state index contributed by atoms with van der Waals surface area (Å²) in [5.41, 5.74) is -0.0153. The van der Waals surface area contributed by atoms with Crippen LogP contribution in [0.25, 0.3) is 0 Å². The number of nitrogens with zero attached hydrogens (tertiary/aromatic N) is 1. The predicted octanol–water partition coefficient (Wildman–Crippen LogP) is 5.43. The Morgan fingerprint density at radius 3 is 2.29 bits per heavy atom. The summed E-state index contributed by atoms with van der Waals surface area (Å²) in [7, 11) is 0. The summed E-state index contributed by atoms with van der Waals surface area (Å²) in [5.74, 6) is -1.80. The van der Waals surface area contributed by atoms with E-state index in [0.29, 0.717) is 12.8 Å². The number of alkyl halides is 3. The van der Waals surface area contributed by atoms with E-state index in [-0.39, 0.29) is 16.6 Å². The van der Waals surface area contributed by atoms with Gasteiger partial charge in [0.25, 0.3) is 0 Å². The van der Waals surface area contributed by atoms with E-state index in [2.05, 4.69) is 0 Å². The molecule has 7 heteroatoms. The maximum Gasteiger partial charge on any atom is 0.416 e. The lowest BCUT2D eigenvalue weighted by Gasteiger charge is -2.28. The number of benzene rings is 2. The second-order valence-corrected chi connectivity index (χ2v) is 7.72. The van der Waals surface area contributed by atoms with Crippen molar-refractivity contribution in [2.45, 2.75) is 31.4 Å². The molecule has 146 valence electrons. The van der Waals surface area contributed by atoms with Crippen molar-refractivity contribution in [1.29, 1.82) is 0 Å². The Labute approximate surface area is 165 Å². The number of hydrogen-bond donors (Lipinski definition) is 0. The van der Waals surface area contributed by atoms with Gasteiger partial charge in [-0.1, -0.05) is 41.9 Å². The average Bonchev–Trinajstić information content (AvgIpc) is 2.92. The first-order valence-electron chi connectivity index (χ1n) is 9.07. The summed E-state index contributed by atoms with van der Waals surface area (Å²) >= 11 is 6.07. The molecule has 1 aliphatic carbocycles. The lowest BCUT2D eigenvalue weighted by molar-refractivity contribution is -0.137. The molecule has 3 atom stereocenters. The Hall–Kier alpha value is -2.34. The van der Waals surface area contributed by atoms with Gasteiger partial charge in [-0.05, 0) is 48.9 Å². The number of halogens is 4. The topological polar surface area (TPSA) is 37.4 Å². The van der Waals surface area contributed by atoms with E-state index in [4.69, 9.17) is 11.6 Å². The molecule has 2 aromatic rings. The van der Waals surface area contributed by atoms with Gasteiger partial charge in [0.15, 0.2) is 0 Å². The zero-order chi connectivity index (χ0) is 20.1. The molecule has 1 saturated heterocycles. The minimum absolute atomic E-state index is 0.0482. The van der Waals surface area contributed by atoms with Crippen molar-refractivity contribution in [3.05, 3.63) is 64.7 Å². The smallest absolute Gasteiger partial charge is 0.274 e. The molecule has 0 spiro atoms. The highest BCUT2D eigenvalue weighted by atomic mass is 35.5. The quantitative estimate of drug-likeness (QED) is 0.622. The number of fused-ring (bicyclic) bond motifs is 1. The van der Waals surface area contributed by atoms with Crippen molar-refractivity contribution in [3.63, 3.8) is 0 Å². The molecule has 0 aromatic heterocycles. The summed E-state index contributed by atoms with van der Waals surface area (Å²) in [6, 6.07) is 12.5. The molecule has 2 aromatic carbocycles. The third-order valence-electron chi connectivity index (χ3n) is 5.71. The van der Waals surface area contributed by atoms with Gasteiger partial charge >= 0.3 is 6.18 Å². The molecule has 4 rings (SSSR count). The molecule has 2 aliphatic rings. The molecule has 28 heavy (non-hydrogen) atoms. The van der Waals surface area contributed by atoms with Crippen molar-refractivity contribution in [3.8, 4) is 0 Å². The third-order valence-corrected chi connectivity index (χ3v) is 6.03. The molecule has 3 nitrogen and oxygen atoms in total. The largest absolute Gasteiger partial charge is 0.416 e. The lowest BCUT2D eigenvalue weighted by Crippen LogP contribution is -2.31. The van der Waals surface area contributed by atoms with Gasteiger partial charge in [-0.3, -0.25) is 9.59 Å². The van der Waals surface area contributed by atoms with Crippen LogP contribution in [0, 0.1) is 11.8 Å². The molecular formula is C21H17ClF3NO2. The Balaban J connectivity index is 1.65. The zero-order valence-electron chi connectivity index (χ0n) is 14.7. The monoisotopic (exact) mass is 407 g/mol. The maximum atomic E-state index is 13.1. The highest BCUT2D eigenvalue weighted by molar-refractivity contribution is 6.36. The molecule has 0 radical (unpaired) electrons. The molecule has 0 unspecified atom stereocenters. The normalized spacial score (nSPS) is 25.1. The lowest BCUT2D eigenvalue weighted by atomic mass is 9.73. The number of anilines is 1. The van der Waals surface area contributed by atoms with E-state index in [1.165, 1.54) is 0 Å². The van der Waals surface area contributed by atoms with Crippen LogP contribution in [0.2, 0.25) is 5.02 Å². The predicted molar refractivity (Wildman–Crippen MR) is 99.0 cm³/mol. The number of rotatable bonds is 2. The van der Waals surface area contributed by atoms with E-state index in [9.17, 15) is 22.8 Å². The molecule has 0 N–H and O–H groups in total. The second kappa shape index (κ2) is 6.92. The highest BCUT2D eigenvalue weighted by Gasteiger charge is 2.51. The van der Waals surface area contributed by atoms with E-state index in [1.54, 1.807) is 0 Å². The molecule has 1 aliphatic heterocycles. The van der Waals surface area contributed by atoms with Gasteiger partial charge in [0.05, 0.1) is 28.1 Å². The van der Waals surface area contributed by atoms with Crippen LogP contribution in [0.4, 0.5) is 18.9 Å². The fourth-order valence-corrected chi connectivity index (χ4v) is 4.51. The van der Waals surface area contributed by atoms with E-state index in [1.807, 2.05) is 30.3 Å². The fourth-order valence-electron chi connectivity index (χ4n) is 4.31. The first kappa shape index (κ1) is 19.0. The van der Waals surface area contributed by atoms with Crippen LogP contribution in [-0.4, -0.2) is 11.8 Å². The van der Waals surface area contributed by atoms with Gasteiger partial charge in [0.1, 0.15) is 0 Å². The molecule has 2 amide bonds. The first-order valence-corrected chi connectivity index (χ1v) is 9.44. The number of carbonyl (C=O) groups is 2. The van der Waals surface area contributed by atoms with E-state index < -0.39 is 35.4 Å². The zero-order valence-corrected chi connectivity index (χ0v) is 15.5. The molecule has 1 heterocycles. The minimum atomic E-state index is -4.59. The first-order chi connectivity index (χ1) is 13.3. The van der Waals surface area contributed by atoms with Gasteiger partial charge < -0.3 is 0 Å². The Morgan fingerprint density at radius 1 is 0.929 bits per heavy atom. The summed E-state index contributed by atoms with van der Waals surface area (Å²) in [5, 5.41) is -0.0482. The van der Waals surface area contributed by atoms with Gasteiger partial charge in [0, 0.05) is 0 Å². The number of carbonyl (C=O) groups excluding carboxylic acids is 2. The molecule has 1 saturated carbocycles. The standard InChI is InChI=1S/C21H17ClF3NO2/c22-17-9-7-14(21(23,24)25)11-18(17)26-19(27)15-8-6-13(10-16(15)20(26)28)12-4-2-1-3-5-12/h1-5,7,9,11,13,15-16H,6,8,10H2/t13-,15+,16-/m0/s1. The van der Waals surface area contributed by atoms with Gasteiger partial charge in [-0.15, -0.1) is 0 Å². The summed E-state index contributed by atoms with van der Waals surface area (Å²) in [6.45, 7) is 0. The maximum absolute atomic E-state index is 13.1. The SMILES string of the molecule is O=C1[C@H]2C[C@@H](c3ccccc3)CC[C@H]2C(=O)N1c1cc(C(F)(F)F)ccc1Cl. The van der Waals surface area contributed by atoms with Gasteiger partial charge in [0.2, 0.25) is 11.8 Å². The van der Waals surface area contributed by atoms with Gasteiger partial charge in [-0.2, -0.15) is 13.2 Å². The molecule has 2 fully saturated rings. The molecular weight excluding hydrogens is 391 g/mol. The number of amides is 2. The molecule has 0 bridgehead atoms. The van der Waals surface area contributed by atoms with Crippen molar-refractivity contribution in [2.75, 3.05) is 4.90 Å². The van der Waals surface area contributed by atoms with Crippen LogP contribution in [0.3, 0.4) is 0 Å². The van der Waals surface area contributed by atoms with Crippen molar-refractivity contribution in [1.82, 2.24) is 0 Å². The summed E-state index contributed by atoms with van der Waals surface area (Å²) in [4.78, 5) is 26.7. The highest BCUT2D eigenvalue weighted by Crippen LogP contribution is 2.47. The fraction of sp³-hybridized carbons (Fsp3) is 0.333. The van der Waals surface area contributed by atoms with Crippen LogP contribution >= 0.6 is 11.6 Å². The van der Waals surface area contributed by atoms with Crippen molar-refractivity contribution in [2.24, 2.45) is 11.8 Å². The van der Waals surface area contributed by atoms with Crippen LogP contribution in [0.1, 0.15) is 36.3 Å². The van der Waals surface area contributed by atoms with E-state index >= 15 is 0 Å². The Kier molecular flexibility index (Phi) is 4.70. The van der Waals surface area contributed by atoms with E-state index in [0.717, 1.165) is 35.1 Å². The second-order valence-electron chi connectivity index (χ2n) is 7.31. The Bertz CT molecular complexity index is 929. The number of imide groups is 1. The van der Waals surface area contributed by atoms with Gasteiger partial charge in [-0.25, -0.2) is 4.90 Å².